The monoisotopic (exact) mass is 221 g/mol. The van der Waals surface area contributed by atoms with Crippen molar-refractivity contribution in [3.63, 3.8) is 0 Å². The molecule has 0 spiro atoms. The van der Waals surface area contributed by atoms with E-state index in [0.717, 1.165) is 31.6 Å². The first-order chi connectivity index (χ1) is 7.79. The molecule has 0 saturated carbocycles. The second-order valence-corrected chi connectivity index (χ2v) is 4.33. The number of aryl methyl sites for hydroxylation is 1. The van der Waals surface area contributed by atoms with Crippen molar-refractivity contribution >= 4 is 0 Å². The highest BCUT2D eigenvalue weighted by molar-refractivity contribution is 5.14. The zero-order valence-corrected chi connectivity index (χ0v) is 9.72. The summed E-state index contributed by atoms with van der Waals surface area (Å²) in [6.45, 7) is 2.89. The van der Waals surface area contributed by atoms with Crippen molar-refractivity contribution in [2.24, 2.45) is 0 Å². The second-order valence-electron chi connectivity index (χ2n) is 4.33. The molecule has 2 unspecified atom stereocenters. The van der Waals surface area contributed by atoms with Gasteiger partial charge >= 0.3 is 0 Å². The van der Waals surface area contributed by atoms with Gasteiger partial charge in [0.05, 0.1) is 12.2 Å². The number of rotatable bonds is 4. The van der Waals surface area contributed by atoms with Gasteiger partial charge in [0.2, 0.25) is 0 Å². The summed E-state index contributed by atoms with van der Waals surface area (Å²) < 4.78 is 5.45. The van der Waals surface area contributed by atoms with Crippen LogP contribution in [0.2, 0.25) is 0 Å². The Kier molecular flexibility index (Phi) is 3.91. The molecular formula is C13H19NO2. The summed E-state index contributed by atoms with van der Waals surface area (Å²) in [5, 5.41) is 9.96. The third-order valence-electron chi connectivity index (χ3n) is 3.11. The molecule has 1 N–H and O–H groups in total. The molecule has 0 aliphatic carbocycles. The van der Waals surface area contributed by atoms with Crippen LogP contribution in [0.1, 0.15) is 31.0 Å². The van der Waals surface area contributed by atoms with E-state index < -0.39 is 6.10 Å². The highest BCUT2D eigenvalue weighted by Crippen LogP contribution is 2.18. The smallest absolute Gasteiger partial charge is 0.0857 e. The van der Waals surface area contributed by atoms with Gasteiger partial charge in [0, 0.05) is 24.9 Å². The molecule has 0 bridgehead atoms. The average Bonchev–Trinajstić information content (AvgIpc) is 2.83. The van der Waals surface area contributed by atoms with Crippen molar-refractivity contribution in [3.05, 3.63) is 29.6 Å². The largest absolute Gasteiger partial charge is 0.390 e. The summed E-state index contributed by atoms with van der Waals surface area (Å²) in [6, 6.07) is 4.07. The van der Waals surface area contributed by atoms with E-state index in [1.54, 1.807) is 0 Å². The van der Waals surface area contributed by atoms with Crippen LogP contribution in [0.25, 0.3) is 0 Å². The minimum atomic E-state index is -0.414. The molecule has 1 saturated heterocycles. The van der Waals surface area contributed by atoms with Gasteiger partial charge in [-0.05, 0) is 30.9 Å². The van der Waals surface area contributed by atoms with Crippen molar-refractivity contribution in [1.82, 2.24) is 4.98 Å². The van der Waals surface area contributed by atoms with Crippen LogP contribution >= 0.6 is 0 Å². The number of hydrogen-bond acceptors (Lipinski definition) is 3. The van der Waals surface area contributed by atoms with Crippen molar-refractivity contribution in [3.8, 4) is 0 Å². The maximum Gasteiger partial charge on any atom is 0.0857 e. The lowest BCUT2D eigenvalue weighted by Crippen LogP contribution is -2.27. The third-order valence-corrected chi connectivity index (χ3v) is 3.11. The SMILES string of the molecule is CCc1ccc(CC(O)C2CCCO2)nc1. The van der Waals surface area contributed by atoms with E-state index in [0.29, 0.717) is 6.42 Å². The lowest BCUT2D eigenvalue weighted by molar-refractivity contribution is -0.00121. The molecule has 0 radical (unpaired) electrons. The Morgan fingerprint density at radius 2 is 2.44 bits per heavy atom. The topological polar surface area (TPSA) is 42.4 Å². The van der Waals surface area contributed by atoms with Crippen LogP contribution in [-0.4, -0.2) is 28.9 Å². The van der Waals surface area contributed by atoms with Gasteiger partial charge in [-0.2, -0.15) is 0 Å². The first kappa shape index (κ1) is 11.6. The first-order valence-electron chi connectivity index (χ1n) is 6.03. The highest BCUT2D eigenvalue weighted by Gasteiger charge is 2.24. The molecule has 16 heavy (non-hydrogen) atoms. The van der Waals surface area contributed by atoms with Gasteiger partial charge < -0.3 is 9.84 Å². The third kappa shape index (κ3) is 2.80. The van der Waals surface area contributed by atoms with E-state index in [1.165, 1.54) is 5.56 Å². The molecule has 2 rings (SSSR count). The van der Waals surface area contributed by atoms with Crippen LogP contribution in [0.3, 0.4) is 0 Å². The van der Waals surface area contributed by atoms with Gasteiger partial charge in [-0.3, -0.25) is 4.98 Å². The van der Waals surface area contributed by atoms with Crippen molar-refractivity contribution < 1.29 is 9.84 Å². The van der Waals surface area contributed by atoms with Crippen LogP contribution in [0.4, 0.5) is 0 Å². The average molecular weight is 221 g/mol. The van der Waals surface area contributed by atoms with E-state index in [2.05, 4.69) is 18.0 Å². The molecule has 0 aromatic carbocycles. The normalized spacial score (nSPS) is 22.2. The van der Waals surface area contributed by atoms with E-state index in [9.17, 15) is 5.11 Å². The molecule has 88 valence electrons. The van der Waals surface area contributed by atoms with E-state index in [1.807, 2.05) is 12.3 Å². The van der Waals surface area contributed by atoms with E-state index in [-0.39, 0.29) is 6.10 Å². The van der Waals surface area contributed by atoms with Crippen LogP contribution in [0, 0.1) is 0 Å². The Balaban J connectivity index is 1.92. The van der Waals surface area contributed by atoms with Crippen molar-refractivity contribution in [2.75, 3.05) is 6.61 Å². The Morgan fingerprint density at radius 3 is 3.00 bits per heavy atom. The quantitative estimate of drug-likeness (QED) is 0.842. The molecule has 3 nitrogen and oxygen atoms in total. The number of aliphatic hydroxyl groups is 1. The lowest BCUT2D eigenvalue weighted by Gasteiger charge is -2.16. The molecular weight excluding hydrogens is 202 g/mol. The molecule has 1 aromatic heterocycles. The summed E-state index contributed by atoms with van der Waals surface area (Å²) in [4.78, 5) is 4.35. The summed E-state index contributed by atoms with van der Waals surface area (Å²) in [5.74, 6) is 0. The lowest BCUT2D eigenvalue weighted by atomic mass is 10.0. The molecule has 1 fully saturated rings. The maximum atomic E-state index is 9.96. The Bertz CT molecular complexity index is 317. The molecule has 1 aliphatic rings. The Labute approximate surface area is 96.5 Å². The van der Waals surface area contributed by atoms with Crippen LogP contribution < -0.4 is 0 Å². The van der Waals surface area contributed by atoms with Crippen LogP contribution in [0.5, 0.6) is 0 Å². The number of aromatic nitrogens is 1. The fraction of sp³-hybridized carbons (Fsp3) is 0.615. The zero-order valence-electron chi connectivity index (χ0n) is 9.72. The minimum Gasteiger partial charge on any atom is -0.390 e. The summed E-state index contributed by atoms with van der Waals surface area (Å²) in [7, 11) is 0. The summed E-state index contributed by atoms with van der Waals surface area (Å²) >= 11 is 0. The fourth-order valence-electron chi connectivity index (χ4n) is 2.04. The molecule has 1 aromatic rings. The number of pyridine rings is 1. The van der Waals surface area contributed by atoms with Gasteiger partial charge in [0.1, 0.15) is 0 Å². The van der Waals surface area contributed by atoms with Gasteiger partial charge in [0.15, 0.2) is 0 Å². The van der Waals surface area contributed by atoms with Crippen LogP contribution in [-0.2, 0) is 17.6 Å². The van der Waals surface area contributed by atoms with Gasteiger partial charge in [-0.1, -0.05) is 13.0 Å². The summed E-state index contributed by atoms with van der Waals surface area (Å²) in [5.41, 5.74) is 2.18. The molecule has 2 heterocycles. The standard InChI is InChI=1S/C13H19NO2/c1-2-10-5-6-11(14-9-10)8-12(15)13-4-3-7-16-13/h5-6,9,12-13,15H,2-4,7-8H2,1H3. The summed E-state index contributed by atoms with van der Waals surface area (Å²) in [6.07, 6.45) is 5.10. The maximum absolute atomic E-state index is 9.96. The highest BCUT2D eigenvalue weighted by atomic mass is 16.5. The molecule has 2 atom stereocenters. The number of nitrogens with zero attached hydrogens (tertiary/aromatic N) is 1. The van der Waals surface area contributed by atoms with Gasteiger partial charge in [0.25, 0.3) is 0 Å². The molecule has 1 aliphatic heterocycles. The Hall–Kier alpha value is -0.930. The minimum absolute atomic E-state index is 0.00708. The molecule has 3 heteroatoms. The number of aliphatic hydroxyl groups excluding tert-OH is 1. The predicted octanol–water partition coefficient (Wildman–Crippen LogP) is 1.73. The number of ether oxygens (including phenoxy) is 1. The van der Waals surface area contributed by atoms with E-state index >= 15 is 0 Å². The molecule has 0 amide bonds. The number of hydrogen-bond donors (Lipinski definition) is 1. The van der Waals surface area contributed by atoms with Crippen molar-refractivity contribution in [1.29, 1.82) is 0 Å². The zero-order chi connectivity index (χ0) is 11.4. The second kappa shape index (κ2) is 5.41. The van der Waals surface area contributed by atoms with Gasteiger partial charge in [-0.25, -0.2) is 0 Å². The Morgan fingerprint density at radius 1 is 1.56 bits per heavy atom. The van der Waals surface area contributed by atoms with Crippen LogP contribution in [0.15, 0.2) is 18.3 Å². The van der Waals surface area contributed by atoms with E-state index in [4.69, 9.17) is 4.74 Å². The first-order valence-corrected chi connectivity index (χ1v) is 6.03. The van der Waals surface area contributed by atoms with Gasteiger partial charge in [-0.15, -0.1) is 0 Å². The van der Waals surface area contributed by atoms with Crippen molar-refractivity contribution in [2.45, 2.75) is 44.8 Å². The predicted molar refractivity (Wildman–Crippen MR) is 62.3 cm³/mol. The fourth-order valence-corrected chi connectivity index (χ4v) is 2.04.